The van der Waals surface area contributed by atoms with Gasteiger partial charge in [0.25, 0.3) is 0 Å². The second-order valence-electron chi connectivity index (χ2n) is 4.48. The summed E-state index contributed by atoms with van der Waals surface area (Å²) in [4.78, 5) is 2.55. The molecule has 90 valence electrons. The highest BCUT2D eigenvalue weighted by atomic mass is 16.5. The van der Waals surface area contributed by atoms with Gasteiger partial charge in [-0.2, -0.15) is 0 Å². The van der Waals surface area contributed by atoms with Gasteiger partial charge in [0.2, 0.25) is 0 Å². The summed E-state index contributed by atoms with van der Waals surface area (Å²) in [6.45, 7) is 13.1. The van der Waals surface area contributed by atoms with Crippen molar-refractivity contribution in [2.45, 2.75) is 52.3 Å². The first-order chi connectivity index (χ1) is 7.19. The normalized spacial score (nSPS) is 27.6. The molecule has 0 bridgehead atoms. The molecule has 0 radical (unpaired) electrons. The van der Waals surface area contributed by atoms with E-state index in [1.807, 2.05) is 0 Å². The molecule has 0 aliphatic carbocycles. The Hall–Kier alpha value is -0.120. The molecule has 15 heavy (non-hydrogen) atoms. The summed E-state index contributed by atoms with van der Waals surface area (Å²) in [7, 11) is 0. The van der Waals surface area contributed by atoms with Gasteiger partial charge in [-0.15, -0.1) is 0 Å². The molecule has 1 fully saturated rings. The Morgan fingerprint density at radius 2 is 2.13 bits per heavy atom. The average Bonchev–Trinajstić information content (AvgIpc) is 2.28. The van der Waals surface area contributed by atoms with Crippen LogP contribution in [0.25, 0.3) is 0 Å². The molecule has 0 aromatic carbocycles. The van der Waals surface area contributed by atoms with Crippen molar-refractivity contribution in [3.8, 4) is 0 Å². The summed E-state index contributed by atoms with van der Waals surface area (Å²) in [5, 5.41) is 3.49. The zero-order valence-corrected chi connectivity index (χ0v) is 10.6. The Morgan fingerprint density at radius 1 is 1.40 bits per heavy atom. The summed E-state index contributed by atoms with van der Waals surface area (Å²) in [5.74, 6) is 0. The molecule has 1 heterocycles. The minimum Gasteiger partial charge on any atom is -0.376 e. The molecule has 0 spiro atoms. The molecule has 0 amide bonds. The lowest BCUT2D eigenvalue weighted by Gasteiger charge is -2.39. The standard InChI is InChI=1S/C12H26N2O/c1-5-12-9-14(7-8-15-12)11(4)10(3)13-6-2/h10-13H,5-9H2,1-4H3. The van der Waals surface area contributed by atoms with Crippen LogP contribution in [0.2, 0.25) is 0 Å². The highest BCUT2D eigenvalue weighted by Crippen LogP contribution is 2.13. The summed E-state index contributed by atoms with van der Waals surface area (Å²) in [6.07, 6.45) is 1.56. The third-order valence-electron chi connectivity index (χ3n) is 3.45. The zero-order chi connectivity index (χ0) is 11.3. The van der Waals surface area contributed by atoms with Gasteiger partial charge in [-0.1, -0.05) is 13.8 Å². The monoisotopic (exact) mass is 214 g/mol. The van der Waals surface area contributed by atoms with E-state index in [1.165, 1.54) is 0 Å². The lowest BCUT2D eigenvalue weighted by molar-refractivity contribution is -0.0458. The van der Waals surface area contributed by atoms with Crippen molar-refractivity contribution in [1.82, 2.24) is 10.2 Å². The molecule has 1 aliphatic rings. The molecule has 0 aromatic heterocycles. The van der Waals surface area contributed by atoms with E-state index >= 15 is 0 Å². The number of hydrogen-bond donors (Lipinski definition) is 1. The van der Waals surface area contributed by atoms with Gasteiger partial charge in [-0.3, -0.25) is 4.90 Å². The van der Waals surface area contributed by atoms with E-state index in [2.05, 4.69) is 37.9 Å². The number of likely N-dealkylation sites (N-methyl/N-ethyl adjacent to an activating group) is 1. The number of morpholine rings is 1. The summed E-state index contributed by atoms with van der Waals surface area (Å²) in [5.41, 5.74) is 0. The van der Waals surface area contributed by atoms with Gasteiger partial charge in [0.05, 0.1) is 12.7 Å². The van der Waals surface area contributed by atoms with E-state index in [0.29, 0.717) is 18.2 Å². The van der Waals surface area contributed by atoms with Crippen LogP contribution in [0, 0.1) is 0 Å². The summed E-state index contributed by atoms with van der Waals surface area (Å²) < 4.78 is 5.69. The number of ether oxygens (including phenoxy) is 1. The molecule has 0 saturated carbocycles. The van der Waals surface area contributed by atoms with Crippen molar-refractivity contribution < 1.29 is 4.74 Å². The lowest BCUT2D eigenvalue weighted by atomic mass is 10.1. The second kappa shape index (κ2) is 6.46. The molecular formula is C12H26N2O. The van der Waals surface area contributed by atoms with Crippen LogP contribution in [0.1, 0.15) is 34.1 Å². The van der Waals surface area contributed by atoms with E-state index in [1.54, 1.807) is 0 Å². The second-order valence-corrected chi connectivity index (χ2v) is 4.48. The first-order valence-electron chi connectivity index (χ1n) is 6.28. The number of nitrogens with one attached hydrogen (secondary N) is 1. The Morgan fingerprint density at radius 3 is 2.73 bits per heavy atom. The molecular weight excluding hydrogens is 188 g/mol. The largest absolute Gasteiger partial charge is 0.376 e. The highest BCUT2D eigenvalue weighted by molar-refractivity contribution is 4.81. The van der Waals surface area contributed by atoms with Crippen molar-refractivity contribution >= 4 is 0 Å². The first kappa shape index (κ1) is 12.9. The van der Waals surface area contributed by atoms with Crippen LogP contribution in [0.4, 0.5) is 0 Å². The van der Waals surface area contributed by atoms with E-state index in [0.717, 1.165) is 32.7 Å². The lowest BCUT2D eigenvalue weighted by Crippen LogP contribution is -2.53. The quantitative estimate of drug-likeness (QED) is 0.750. The number of nitrogens with zero attached hydrogens (tertiary/aromatic N) is 1. The van der Waals surface area contributed by atoms with Crippen molar-refractivity contribution in [3.63, 3.8) is 0 Å². The third-order valence-corrected chi connectivity index (χ3v) is 3.45. The molecule has 3 unspecified atom stereocenters. The SMILES string of the molecule is CCNC(C)C(C)N1CCOC(CC)C1. The van der Waals surface area contributed by atoms with E-state index in [9.17, 15) is 0 Å². The topological polar surface area (TPSA) is 24.5 Å². The summed E-state index contributed by atoms with van der Waals surface area (Å²) >= 11 is 0. The third kappa shape index (κ3) is 3.74. The average molecular weight is 214 g/mol. The molecule has 3 nitrogen and oxygen atoms in total. The maximum absolute atomic E-state index is 5.69. The fraction of sp³-hybridized carbons (Fsp3) is 1.00. The minimum absolute atomic E-state index is 0.440. The summed E-state index contributed by atoms with van der Waals surface area (Å²) in [6, 6.07) is 1.16. The smallest absolute Gasteiger partial charge is 0.0700 e. The van der Waals surface area contributed by atoms with Crippen LogP contribution < -0.4 is 5.32 Å². The van der Waals surface area contributed by atoms with Gasteiger partial charge in [-0.05, 0) is 26.8 Å². The van der Waals surface area contributed by atoms with Crippen molar-refractivity contribution in [2.24, 2.45) is 0 Å². The predicted molar refractivity (Wildman–Crippen MR) is 64.2 cm³/mol. The minimum atomic E-state index is 0.440. The fourth-order valence-electron chi connectivity index (χ4n) is 2.17. The van der Waals surface area contributed by atoms with E-state index in [-0.39, 0.29) is 0 Å². The molecule has 1 rings (SSSR count). The maximum atomic E-state index is 5.69. The molecule has 1 N–H and O–H groups in total. The molecule has 3 atom stereocenters. The van der Waals surface area contributed by atoms with Gasteiger partial charge in [-0.25, -0.2) is 0 Å². The predicted octanol–water partition coefficient (Wildman–Crippen LogP) is 1.48. The van der Waals surface area contributed by atoms with Crippen LogP contribution >= 0.6 is 0 Å². The highest BCUT2D eigenvalue weighted by Gasteiger charge is 2.25. The molecule has 3 heteroatoms. The Labute approximate surface area is 94.2 Å². The van der Waals surface area contributed by atoms with Crippen LogP contribution in [0.5, 0.6) is 0 Å². The van der Waals surface area contributed by atoms with Gasteiger partial charge in [0.1, 0.15) is 0 Å². The van der Waals surface area contributed by atoms with E-state index in [4.69, 9.17) is 4.74 Å². The van der Waals surface area contributed by atoms with Gasteiger partial charge >= 0.3 is 0 Å². The van der Waals surface area contributed by atoms with Gasteiger partial charge in [0.15, 0.2) is 0 Å². The zero-order valence-electron chi connectivity index (χ0n) is 10.6. The van der Waals surface area contributed by atoms with E-state index < -0.39 is 0 Å². The van der Waals surface area contributed by atoms with Crippen molar-refractivity contribution in [3.05, 3.63) is 0 Å². The Bertz CT molecular complexity index is 175. The fourth-order valence-corrected chi connectivity index (χ4v) is 2.17. The van der Waals surface area contributed by atoms with Crippen LogP contribution in [-0.4, -0.2) is 49.3 Å². The Balaban J connectivity index is 2.40. The van der Waals surface area contributed by atoms with Crippen LogP contribution in [-0.2, 0) is 4.74 Å². The van der Waals surface area contributed by atoms with Gasteiger partial charge in [0, 0.05) is 25.2 Å². The first-order valence-corrected chi connectivity index (χ1v) is 6.28. The van der Waals surface area contributed by atoms with Crippen molar-refractivity contribution in [1.29, 1.82) is 0 Å². The van der Waals surface area contributed by atoms with Crippen LogP contribution in [0.3, 0.4) is 0 Å². The van der Waals surface area contributed by atoms with Crippen LogP contribution in [0.15, 0.2) is 0 Å². The number of rotatable bonds is 5. The van der Waals surface area contributed by atoms with Gasteiger partial charge < -0.3 is 10.1 Å². The molecule has 1 saturated heterocycles. The molecule has 0 aromatic rings. The maximum Gasteiger partial charge on any atom is 0.0700 e. The van der Waals surface area contributed by atoms with Crippen molar-refractivity contribution in [2.75, 3.05) is 26.2 Å². The molecule has 1 aliphatic heterocycles. The number of hydrogen-bond acceptors (Lipinski definition) is 3. The Kier molecular flexibility index (Phi) is 5.58.